The second-order valence-corrected chi connectivity index (χ2v) is 5.03. The summed E-state index contributed by atoms with van der Waals surface area (Å²) < 4.78 is 5.42. The van der Waals surface area contributed by atoms with E-state index in [1.165, 1.54) is 5.56 Å². The van der Waals surface area contributed by atoms with Crippen molar-refractivity contribution < 1.29 is 4.74 Å². The number of aromatic amines is 1. The predicted octanol–water partition coefficient (Wildman–Crippen LogP) is 3.09. The van der Waals surface area contributed by atoms with Gasteiger partial charge in [0.05, 0.1) is 16.6 Å². The second kappa shape index (κ2) is 4.49. The lowest BCUT2D eigenvalue weighted by atomic mass is 10.1. The molecule has 0 bridgehead atoms. The summed E-state index contributed by atoms with van der Waals surface area (Å²) in [5.74, 6) is 0.986. The number of nitrogens with one attached hydrogen (secondary N) is 1. The van der Waals surface area contributed by atoms with Crippen molar-refractivity contribution in [1.82, 2.24) is 9.97 Å². The van der Waals surface area contributed by atoms with Gasteiger partial charge >= 0.3 is 0 Å². The van der Waals surface area contributed by atoms with Crippen molar-refractivity contribution >= 4 is 11.0 Å². The molecule has 1 aromatic heterocycles. The van der Waals surface area contributed by atoms with Gasteiger partial charge in [-0.2, -0.15) is 0 Å². The Morgan fingerprint density at radius 3 is 2.76 bits per heavy atom. The number of ether oxygens (including phenoxy) is 1. The average Bonchev–Trinajstić information content (AvgIpc) is 2.68. The second-order valence-electron chi connectivity index (χ2n) is 5.03. The highest BCUT2D eigenvalue weighted by Crippen LogP contribution is 2.18. The largest absolute Gasteiger partial charge is 0.378 e. The molecular weight excluding hydrogens is 212 g/mol. The van der Waals surface area contributed by atoms with Crippen molar-refractivity contribution in [1.29, 1.82) is 0 Å². The van der Waals surface area contributed by atoms with Crippen LogP contribution in [0.5, 0.6) is 0 Å². The zero-order chi connectivity index (χ0) is 12.5. The monoisotopic (exact) mass is 232 g/mol. The highest BCUT2D eigenvalue weighted by molar-refractivity contribution is 5.75. The molecule has 0 saturated heterocycles. The molecule has 0 aliphatic carbocycles. The van der Waals surface area contributed by atoms with Crippen LogP contribution in [0.1, 0.15) is 32.2 Å². The number of hydrogen-bond acceptors (Lipinski definition) is 2. The lowest BCUT2D eigenvalue weighted by Gasteiger charge is -2.21. The van der Waals surface area contributed by atoms with Crippen LogP contribution in [0.3, 0.4) is 0 Å². The Morgan fingerprint density at radius 1 is 1.35 bits per heavy atom. The van der Waals surface area contributed by atoms with E-state index in [1.54, 1.807) is 7.11 Å². The number of H-pyrrole nitrogens is 1. The van der Waals surface area contributed by atoms with E-state index in [4.69, 9.17) is 4.74 Å². The molecule has 3 heteroatoms. The third-order valence-electron chi connectivity index (χ3n) is 3.15. The number of methoxy groups -OCH3 is 1. The van der Waals surface area contributed by atoms with Crippen molar-refractivity contribution in [2.24, 2.45) is 0 Å². The topological polar surface area (TPSA) is 37.9 Å². The lowest BCUT2D eigenvalue weighted by molar-refractivity contribution is 0.0218. The molecule has 17 heavy (non-hydrogen) atoms. The summed E-state index contributed by atoms with van der Waals surface area (Å²) in [7, 11) is 1.73. The zero-order valence-electron chi connectivity index (χ0n) is 11.0. The molecule has 0 fully saturated rings. The number of rotatable bonds is 4. The Morgan fingerprint density at radius 2 is 2.12 bits per heavy atom. The maximum atomic E-state index is 5.42. The van der Waals surface area contributed by atoms with Gasteiger partial charge in [-0.15, -0.1) is 0 Å². The van der Waals surface area contributed by atoms with Gasteiger partial charge in [0, 0.05) is 13.5 Å². The van der Waals surface area contributed by atoms with Crippen LogP contribution in [0.15, 0.2) is 18.2 Å². The van der Waals surface area contributed by atoms with Crippen molar-refractivity contribution in [3.8, 4) is 0 Å². The summed E-state index contributed by atoms with van der Waals surface area (Å²) in [6.45, 7) is 6.29. The fourth-order valence-corrected chi connectivity index (χ4v) is 1.89. The van der Waals surface area contributed by atoms with Gasteiger partial charge in [-0.25, -0.2) is 4.98 Å². The molecule has 1 heterocycles. The summed E-state index contributed by atoms with van der Waals surface area (Å²) >= 11 is 0. The van der Waals surface area contributed by atoms with Gasteiger partial charge in [-0.3, -0.25) is 0 Å². The molecule has 2 aromatic rings. The van der Waals surface area contributed by atoms with E-state index in [9.17, 15) is 0 Å². The molecule has 0 aliphatic heterocycles. The molecular formula is C14H20N2O. The molecule has 1 aromatic carbocycles. The molecule has 0 spiro atoms. The van der Waals surface area contributed by atoms with Gasteiger partial charge in [0.1, 0.15) is 5.82 Å². The van der Waals surface area contributed by atoms with Crippen molar-refractivity contribution in [2.45, 2.75) is 39.2 Å². The molecule has 2 rings (SSSR count). The van der Waals surface area contributed by atoms with E-state index in [0.29, 0.717) is 0 Å². The van der Waals surface area contributed by atoms with E-state index >= 15 is 0 Å². The Hall–Kier alpha value is -1.35. The number of fused-ring (bicyclic) bond motifs is 1. The van der Waals surface area contributed by atoms with Crippen LogP contribution in [-0.2, 0) is 17.6 Å². The smallest absolute Gasteiger partial charge is 0.110 e. The van der Waals surface area contributed by atoms with Gasteiger partial charge in [0.15, 0.2) is 0 Å². The number of aryl methyl sites for hydroxylation is 1. The summed E-state index contributed by atoms with van der Waals surface area (Å²) in [6.07, 6.45) is 1.84. The number of imidazole rings is 1. The fourth-order valence-electron chi connectivity index (χ4n) is 1.89. The number of hydrogen-bond donors (Lipinski definition) is 1. The minimum Gasteiger partial charge on any atom is -0.378 e. The molecule has 3 nitrogen and oxygen atoms in total. The molecule has 0 atom stereocenters. The molecule has 0 radical (unpaired) electrons. The zero-order valence-corrected chi connectivity index (χ0v) is 11.0. The van der Waals surface area contributed by atoms with Gasteiger partial charge in [-0.05, 0) is 38.0 Å². The minimum atomic E-state index is -0.179. The van der Waals surface area contributed by atoms with Crippen molar-refractivity contribution in [2.75, 3.05) is 7.11 Å². The van der Waals surface area contributed by atoms with Crippen LogP contribution in [0, 0.1) is 0 Å². The predicted molar refractivity (Wildman–Crippen MR) is 70.3 cm³/mol. The Bertz CT molecular complexity index is 514. The number of benzene rings is 1. The van der Waals surface area contributed by atoms with E-state index in [0.717, 1.165) is 29.7 Å². The number of nitrogens with zero attached hydrogens (tertiary/aromatic N) is 1. The lowest BCUT2D eigenvalue weighted by Crippen LogP contribution is -2.26. The van der Waals surface area contributed by atoms with E-state index in [1.807, 2.05) is 0 Å². The quantitative estimate of drug-likeness (QED) is 0.879. The fraction of sp³-hybridized carbons (Fsp3) is 0.500. The minimum absolute atomic E-state index is 0.179. The Balaban J connectivity index is 2.31. The molecule has 0 saturated carbocycles. The van der Waals surface area contributed by atoms with Crippen LogP contribution < -0.4 is 0 Å². The normalized spacial score (nSPS) is 12.2. The Kier molecular flexibility index (Phi) is 3.20. The highest BCUT2D eigenvalue weighted by atomic mass is 16.5. The maximum Gasteiger partial charge on any atom is 0.110 e. The number of aromatic nitrogens is 2. The molecule has 92 valence electrons. The standard InChI is InChI=1S/C14H20N2O/c1-5-10-6-7-11-12(8-10)16-13(15-11)9-14(2,3)17-4/h6-8H,5,9H2,1-4H3,(H,15,16). The summed E-state index contributed by atoms with van der Waals surface area (Å²) in [5.41, 5.74) is 3.30. The maximum absolute atomic E-state index is 5.42. The van der Waals surface area contributed by atoms with E-state index < -0.39 is 0 Å². The first-order valence-corrected chi connectivity index (χ1v) is 6.07. The molecule has 0 aliphatic rings. The summed E-state index contributed by atoms with van der Waals surface area (Å²) in [6, 6.07) is 6.38. The Labute approximate surface area is 102 Å². The van der Waals surface area contributed by atoms with Gasteiger partial charge in [-0.1, -0.05) is 13.0 Å². The summed E-state index contributed by atoms with van der Waals surface area (Å²) in [4.78, 5) is 7.96. The SMILES string of the molecule is CCc1ccc2nc(CC(C)(C)OC)[nH]c2c1. The molecule has 0 amide bonds. The van der Waals surface area contributed by atoms with E-state index in [-0.39, 0.29) is 5.60 Å². The first kappa shape index (κ1) is 12.1. The van der Waals surface area contributed by atoms with E-state index in [2.05, 4.69) is 48.9 Å². The van der Waals surface area contributed by atoms with Crippen LogP contribution >= 0.6 is 0 Å². The first-order chi connectivity index (χ1) is 8.04. The average molecular weight is 232 g/mol. The third kappa shape index (κ3) is 2.67. The van der Waals surface area contributed by atoms with Crippen LogP contribution in [-0.4, -0.2) is 22.7 Å². The van der Waals surface area contributed by atoms with Gasteiger partial charge in [0.25, 0.3) is 0 Å². The van der Waals surface area contributed by atoms with Crippen molar-refractivity contribution in [3.63, 3.8) is 0 Å². The van der Waals surface area contributed by atoms with Crippen LogP contribution in [0.25, 0.3) is 11.0 Å². The first-order valence-electron chi connectivity index (χ1n) is 6.07. The third-order valence-corrected chi connectivity index (χ3v) is 3.15. The molecule has 1 N–H and O–H groups in total. The highest BCUT2D eigenvalue weighted by Gasteiger charge is 2.19. The van der Waals surface area contributed by atoms with Crippen molar-refractivity contribution in [3.05, 3.63) is 29.6 Å². The van der Waals surface area contributed by atoms with Gasteiger partial charge in [0.2, 0.25) is 0 Å². The summed E-state index contributed by atoms with van der Waals surface area (Å²) in [5, 5.41) is 0. The van der Waals surface area contributed by atoms with Gasteiger partial charge < -0.3 is 9.72 Å². The van der Waals surface area contributed by atoms with Crippen LogP contribution in [0.4, 0.5) is 0 Å². The van der Waals surface area contributed by atoms with Crippen LogP contribution in [0.2, 0.25) is 0 Å². The molecule has 0 unspecified atom stereocenters.